The molecule has 0 aliphatic carbocycles. The third-order valence-electron chi connectivity index (χ3n) is 3.48. The maximum atomic E-state index is 13.6. The minimum atomic E-state index is -0.756. The molecule has 2 aromatic rings. The van der Waals surface area contributed by atoms with Crippen LogP contribution in [0.3, 0.4) is 0 Å². The maximum Gasteiger partial charge on any atom is 0.261 e. The van der Waals surface area contributed by atoms with E-state index in [1.54, 1.807) is 38.3 Å². The van der Waals surface area contributed by atoms with Gasteiger partial charge in [-0.15, -0.1) is 0 Å². The van der Waals surface area contributed by atoms with Gasteiger partial charge in [0.05, 0.1) is 13.7 Å². The molecule has 0 saturated carbocycles. The average molecular weight is 347 g/mol. The third kappa shape index (κ3) is 5.67. The molecule has 2 aromatic carbocycles. The molecule has 0 bridgehead atoms. The van der Waals surface area contributed by atoms with E-state index in [0.717, 1.165) is 0 Å². The van der Waals surface area contributed by atoms with Crippen molar-refractivity contribution in [3.05, 3.63) is 54.3 Å². The van der Waals surface area contributed by atoms with E-state index >= 15 is 0 Å². The summed E-state index contributed by atoms with van der Waals surface area (Å²) in [6.07, 6.45) is -0.328. The van der Waals surface area contributed by atoms with E-state index in [1.807, 2.05) is 12.1 Å². The van der Waals surface area contributed by atoms with Crippen LogP contribution in [-0.2, 0) is 4.79 Å². The van der Waals surface area contributed by atoms with Crippen LogP contribution >= 0.6 is 0 Å². The van der Waals surface area contributed by atoms with Crippen LogP contribution in [0, 0.1) is 5.82 Å². The first kappa shape index (κ1) is 18.6. The molecular weight excluding hydrogens is 325 g/mol. The van der Waals surface area contributed by atoms with Crippen molar-refractivity contribution in [2.45, 2.75) is 19.4 Å². The zero-order chi connectivity index (χ0) is 18.1. The molecule has 0 aliphatic heterocycles. The Labute approximate surface area is 146 Å². The van der Waals surface area contributed by atoms with Crippen molar-refractivity contribution >= 4 is 5.91 Å². The first-order valence-corrected chi connectivity index (χ1v) is 8.09. The Morgan fingerprint density at radius 1 is 1.16 bits per heavy atom. The number of rotatable bonds is 9. The molecule has 0 unspecified atom stereocenters. The van der Waals surface area contributed by atoms with Gasteiger partial charge in [-0.2, -0.15) is 0 Å². The Balaban J connectivity index is 1.79. The smallest absolute Gasteiger partial charge is 0.261 e. The van der Waals surface area contributed by atoms with Gasteiger partial charge in [0.1, 0.15) is 18.1 Å². The summed E-state index contributed by atoms with van der Waals surface area (Å²) < 4.78 is 29.7. The lowest BCUT2D eigenvalue weighted by Crippen LogP contribution is -2.39. The summed E-state index contributed by atoms with van der Waals surface area (Å²) in [7, 11) is 1.58. The standard InChI is InChI=1S/C19H22FNO4/c1-3-17(25-18-10-5-4-9-16(18)20)19(22)21-11-12-24-15-8-6-7-14(13-15)23-2/h4-10,13,17H,3,11-12H2,1-2H3,(H,21,22)/t17-/m1/s1. The van der Waals surface area contributed by atoms with Gasteiger partial charge in [0.15, 0.2) is 17.7 Å². The number of benzene rings is 2. The first-order valence-electron chi connectivity index (χ1n) is 8.09. The lowest BCUT2D eigenvalue weighted by Gasteiger charge is -2.17. The topological polar surface area (TPSA) is 56.8 Å². The van der Waals surface area contributed by atoms with Crippen LogP contribution in [0.25, 0.3) is 0 Å². The Hall–Kier alpha value is -2.76. The molecule has 0 aliphatic rings. The molecule has 6 heteroatoms. The third-order valence-corrected chi connectivity index (χ3v) is 3.48. The number of carbonyl (C=O) groups is 1. The lowest BCUT2D eigenvalue weighted by atomic mass is 10.2. The van der Waals surface area contributed by atoms with Crippen LogP contribution in [0.5, 0.6) is 17.2 Å². The number of para-hydroxylation sites is 1. The van der Waals surface area contributed by atoms with E-state index in [2.05, 4.69) is 5.32 Å². The second-order valence-corrected chi connectivity index (χ2v) is 5.26. The Bertz CT molecular complexity index is 693. The fraction of sp³-hybridized carbons (Fsp3) is 0.316. The largest absolute Gasteiger partial charge is 0.497 e. The predicted octanol–water partition coefficient (Wildman–Crippen LogP) is 3.19. The Kier molecular flexibility index (Phi) is 7.07. The summed E-state index contributed by atoms with van der Waals surface area (Å²) in [6, 6.07) is 13.2. The highest BCUT2D eigenvalue weighted by Crippen LogP contribution is 2.19. The van der Waals surface area contributed by atoms with Crippen LogP contribution in [0.4, 0.5) is 4.39 Å². The van der Waals surface area contributed by atoms with E-state index in [1.165, 1.54) is 12.1 Å². The zero-order valence-electron chi connectivity index (χ0n) is 14.3. The van der Waals surface area contributed by atoms with Gasteiger partial charge in [0, 0.05) is 6.07 Å². The van der Waals surface area contributed by atoms with Gasteiger partial charge in [0.25, 0.3) is 5.91 Å². The monoisotopic (exact) mass is 347 g/mol. The van der Waals surface area contributed by atoms with Gasteiger partial charge in [-0.1, -0.05) is 25.1 Å². The van der Waals surface area contributed by atoms with E-state index in [9.17, 15) is 9.18 Å². The molecule has 134 valence electrons. The molecule has 2 rings (SSSR count). The lowest BCUT2D eigenvalue weighted by molar-refractivity contribution is -0.128. The minimum absolute atomic E-state index is 0.0668. The number of halogens is 1. The quantitative estimate of drug-likeness (QED) is 0.708. The van der Waals surface area contributed by atoms with Crippen molar-refractivity contribution in [2.75, 3.05) is 20.3 Å². The molecule has 1 amide bonds. The van der Waals surface area contributed by atoms with E-state index in [4.69, 9.17) is 14.2 Å². The predicted molar refractivity (Wildman–Crippen MR) is 92.6 cm³/mol. The van der Waals surface area contributed by atoms with Crippen LogP contribution < -0.4 is 19.5 Å². The number of carbonyl (C=O) groups excluding carboxylic acids is 1. The molecular formula is C19H22FNO4. The highest BCUT2D eigenvalue weighted by atomic mass is 19.1. The molecule has 0 fully saturated rings. The number of ether oxygens (including phenoxy) is 3. The van der Waals surface area contributed by atoms with Crippen molar-refractivity contribution in [3.8, 4) is 17.2 Å². The molecule has 1 N–H and O–H groups in total. The summed E-state index contributed by atoms with van der Waals surface area (Å²) in [5.74, 6) is 0.626. The highest BCUT2D eigenvalue weighted by Gasteiger charge is 2.19. The van der Waals surface area contributed by atoms with Crippen LogP contribution in [0.2, 0.25) is 0 Å². The second-order valence-electron chi connectivity index (χ2n) is 5.26. The molecule has 5 nitrogen and oxygen atoms in total. The number of methoxy groups -OCH3 is 1. The number of hydrogen-bond donors (Lipinski definition) is 1. The fourth-order valence-electron chi connectivity index (χ4n) is 2.16. The SMILES string of the molecule is CC[C@@H](Oc1ccccc1F)C(=O)NCCOc1cccc(OC)c1. The number of hydrogen-bond acceptors (Lipinski definition) is 4. The van der Waals surface area contributed by atoms with Crippen LogP contribution in [0.1, 0.15) is 13.3 Å². The van der Waals surface area contributed by atoms with E-state index in [-0.39, 0.29) is 11.7 Å². The molecule has 0 heterocycles. The van der Waals surface area contributed by atoms with Crippen molar-refractivity contribution < 1.29 is 23.4 Å². The fourth-order valence-corrected chi connectivity index (χ4v) is 2.16. The zero-order valence-corrected chi connectivity index (χ0v) is 14.3. The average Bonchev–Trinajstić information content (AvgIpc) is 2.64. The second kappa shape index (κ2) is 9.52. The van der Waals surface area contributed by atoms with Gasteiger partial charge in [-0.05, 0) is 30.7 Å². The molecule has 0 aromatic heterocycles. The van der Waals surface area contributed by atoms with Gasteiger partial charge in [-0.3, -0.25) is 4.79 Å². The van der Waals surface area contributed by atoms with Gasteiger partial charge in [0.2, 0.25) is 0 Å². The number of nitrogens with one attached hydrogen (secondary N) is 1. The maximum absolute atomic E-state index is 13.6. The van der Waals surface area contributed by atoms with Crippen molar-refractivity contribution in [1.82, 2.24) is 5.32 Å². The van der Waals surface area contributed by atoms with Crippen LogP contribution in [-0.4, -0.2) is 32.3 Å². The normalized spacial score (nSPS) is 11.5. The van der Waals surface area contributed by atoms with Crippen molar-refractivity contribution in [1.29, 1.82) is 0 Å². The van der Waals surface area contributed by atoms with E-state index < -0.39 is 11.9 Å². The number of amides is 1. The molecule has 0 saturated heterocycles. The first-order chi connectivity index (χ1) is 12.1. The Morgan fingerprint density at radius 2 is 1.92 bits per heavy atom. The van der Waals surface area contributed by atoms with Crippen molar-refractivity contribution in [3.63, 3.8) is 0 Å². The van der Waals surface area contributed by atoms with Gasteiger partial charge in [-0.25, -0.2) is 4.39 Å². The molecule has 0 spiro atoms. The molecule has 0 radical (unpaired) electrons. The summed E-state index contributed by atoms with van der Waals surface area (Å²) >= 11 is 0. The van der Waals surface area contributed by atoms with E-state index in [0.29, 0.717) is 31.1 Å². The van der Waals surface area contributed by atoms with Crippen LogP contribution in [0.15, 0.2) is 48.5 Å². The molecule has 25 heavy (non-hydrogen) atoms. The summed E-state index contributed by atoms with van der Waals surface area (Å²) in [4.78, 5) is 12.2. The molecule has 1 atom stereocenters. The highest BCUT2D eigenvalue weighted by molar-refractivity contribution is 5.81. The Morgan fingerprint density at radius 3 is 2.64 bits per heavy atom. The summed E-state index contributed by atoms with van der Waals surface area (Å²) in [5.41, 5.74) is 0. The summed E-state index contributed by atoms with van der Waals surface area (Å²) in [5, 5.41) is 2.73. The van der Waals surface area contributed by atoms with Gasteiger partial charge < -0.3 is 19.5 Å². The van der Waals surface area contributed by atoms with Crippen molar-refractivity contribution in [2.24, 2.45) is 0 Å². The minimum Gasteiger partial charge on any atom is -0.497 e. The van der Waals surface area contributed by atoms with Gasteiger partial charge >= 0.3 is 0 Å². The summed E-state index contributed by atoms with van der Waals surface area (Å²) in [6.45, 7) is 2.42.